The molecule has 0 fully saturated rings. The van der Waals surface area contributed by atoms with Crippen molar-refractivity contribution in [1.82, 2.24) is 15.1 Å². The van der Waals surface area contributed by atoms with Gasteiger partial charge in [0, 0.05) is 18.2 Å². The summed E-state index contributed by atoms with van der Waals surface area (Å²) in [5.74, 6) is -0.132. The minimum atomic E-state index is -0.744. The third-order valence-corrected chi connectivity index (χ3v) is 3.86. The maximum atomic E-state index is 12.5. The summed E-state index contributed by atoms with van der Waals surface area (Å²) >= 11 is 0. The van der Waals surface area contributed by atoms with Gasteiger partial charge in [0.1, 0.15) is 18.4 Å². The fourth-order valence-corrected chi connectivity index (χ4v) is 2.75. The number of amides is 1. The lowest BCUT2D eigenvalue weighted by atomic mass is 10.0. The highest BCUT2D eigenvalue weighted by Crippen LogP contribution is 2.38. The van der Waals surface area contributed by atoms with E-state index in [-0.39, 0.29) is 18.9 Å². The highest BCUT2D eigenvalue weighted by atomic mass is 16.5. The van der Waals surface area contributed by atoms with Gasteiger partial charge in [0.05, 0.1) is 12.3 Å². The number of nitrogens with zero attached hydrogens (tertiary/aromatic N) is 2. The second kappa shape index (κ2) is 6.35. The predicted octanol–water partition coefficient (Wildman–Crippen LogP) is 1.66. The van der Waals surface area contributed by atoms with Gasteiger partial charge in [-0.3, -0.25) is 9.48 Å². The van der Waals surface area contributed by atoms with E-state index >= 15 is 0 Å². The van der Waals surface area contributed by atoms with Crippen molar-refractivity contribution >= 4 is 11.9 Å². The van der Waals surface area contributed by atoms with Gasteiger partial charge in [-0.1, -0.05) is 12.1 Å². The molecule has 24 heavy (non-hydrogen) atoms. The van der Waals surface area contributed by atoms with Crippen LogP contribution in [-0.2, 0) is 23.2 Å². The van der Waals surface area contributed by atoms with Crippen LogP contribution in [0.15, 0.2) is 24.3 Å². The third-order valence-electron chi connectivity index (χ3n) is 3.86. The molecule has 2 heterocycles. The Hall–Kier alpha value is -2.83. The quantitative estimate of drug-likeness (QED) is 0.863. The predicted molar refractivity (Wildman–Crippen MR) is 86.5 cm³/mol. The Morgan fingerprint density at radius 3 is 2.92 bits per heavy atom. The first-order valence-electron chi connectivity index (χ1n) is 7.78. The van der Waals surface area contributed by atoms with E-state index in [2.05, 4.69) is 10.4 Å². The molecule has 0 aliphatic carbocycles. The number of para-hydroxylation sites is 1. The summed E-state index contributed by atoms with van der Waals surface area (Å²) in [6.45, 7) is 3.83. The molecule has 0 bridgehead atoms. The van der Waals surface area contributed by atoms with Crippen LogP contribution < -0.4 is 10.1 Å². The van der Waals surface area contributed by atoms with Gasteiger partial charge in [-0.2, -0.15) is 5.10 Å². The van der Waals surface area contributed by atoms with Gasteiger partial charge >= 0.3 is 5.97 Å². The third kappa shape index (κ3) is 2.73. The molecule has 0 saturated heterocycles. The molecule has 1 aliphatic rings. The Labute approximate surface area is 139 Å². The van der Waals surface area contributed by atoms with Crippen LogP contribution in [0.1, 0.15) is 29.9 Å². The molecule has 3 rings (SSSR count). The standard InChI is InChI=1S/C17H19N3O4/c1-4-23-17(22)10(2)18-16(21)14-12-9-24-13-8-6-5-7-11(13)15(12)20(3)19-14/h5-8,10H,4,9H2,1-3H3,(H,18,21)/t10-/m0/s1. The second-order valence-electron chi connectivity index (χ2n) is 5.53. The Kier molecular flexibility index (Phi) is 4.24. The van der Waals surface area contributed by atoms with E-state index in [1.165, 1.54) is 0 Å². The normalized spacial score (nSPS) is 13.3. The highest BCUT2D eigenvalue weighted by molar-refractivity contribution is 5.98. The van der Waals surface area contributed by atoms with Crippen LogP contribution in [0.25, 0.3) is 11.3 Å². The summed E-state index contributed by atoms with van der Waals surface area (Å²) < 4.78 is 12.3. The van der Waals surface area contributed by atoms with Gasteiger partial charge in [-0.05, 0) is 26.0 Å². The first-order chi connectivity index (χ1) is 11.5. The number of aromatic nitrogens is 2. The first kappa shape index (κ1) is 16.0. The molecule has 0 radical (unpaired) electrons. The van der Waals surface area contributed by atoms with E-state index in [9.17, 15) is 9.59 Å². The van der Waals surface area contributed by atoms with E-state index < -0.39 is 17.9 Å². The molecular formula is C17H19N3O4. The van der Waals surface area contributed by atoms with Crippen molar-refractivity contribution in [3.8, 4) is 17.0 Å². The maximum absolute atomic E-state index is 12.5. The summed E-state index contributed by atoms with van der Waals surface area (Å²) in [4.78, 5) is 24.2. The molecule has 7 nitrogen and oxygen atoms in total. The van der Waals surface area contributed by atoms with Crippen molar-refractivity contribution in [2.24, 2.45) is 7.05 Å². The molecule has 0 saturated carbocycles. The molecule has 126 valence electrons. The minimum Gasteiger partial charge on any atom is -0.488 e. The number of carbonyl (C=O) groups is 2. The molecule has 1 aromatic heterocycles. The number of hydrogen-bond donors (Lipinski definition) is 1. The monoisotopic (exact) mass is 329 g/mol. The van der Waals surface area contributed by atoms with E-state index in [0.29, 0.717) is 5.56 Å². The lowest BCUT2D eigenvalue weighted by molar-refractivity contribution is -0.144. The van der Waals surface area contributed by atoms with Crippen LogP contribution in [0.2, 0.25) is 0 Å². The number of fused-ring (bicyclic) bond motifs is 3. The molecule has 7 heteroatoms. The summed E-state index contributed by atoms with van der Waals surface area (Å²) in [5, 5.41) is 6.95. The fraction of sp³-hybridized carbons (Fsp3) is 0.353. The molecular weight excluding hydrogens is 310 g/mol. The van der Waals surface area contributed by atoms with Crippen molar-refractivity contribution < 1.29 is 19.1 Å². The Morgan fingerprint density at radius 2 is 2.17 bits per heavy atom. The van der Waals surface area contributed by atoms with Gasteiger partial charge in [0.15, 0.2) is 5.69 Å². The van der Waals surface area contributed by atoms with Crippen LogP contribution in [0, 0.1) is 0 Å². The van der Waals surface area contributed by atoms with E-state index in [0.717, 1.165) is 17.0 Å². The van der Waals surface area contributed by atoms with Gasteiger partial charge in [-0.15, -0.1) is 0 Å². The van der Waals surface area contributed by atoms with Crippen LogP contribution in [0.5, 0.6) is 5.75 Å². The number of hydrogen-bond acceptors (Lipinski definition) is 5. The molecule has 1 N–H and O–H groups in total. The fourth-order valence-electron chi connectivity index (χ4n) is 2.75. The second-order valence-corrected chi connectivity index (χ2v) is 5.53. The zero-order valence-electron chi connectivity index (χ0n) is 13.8. The highest BCUT2D eigenvalue weighted by Gasteiger charge is 2.29. The summed E-state index contributed by atoms with van der Waals surface area (Å²) in [6, 6.07) is 6.87. The number of rotatable bonds is 4. The smallest absolute Gasteiger partial charge is 0.328 e. The minimum absolute atomic E-state index is 0.261. The number of nitrogens with one attached hydrogen (secondary N) is 1. The molecule has 1 aliphatic heterocycles. The van der Waals surface area contributed by atoms with Crippen molar-refractivity contribution in [3.63, 3.8) is 0 Å². The summed E-state index contributed by atoms with van der Waals surface area (Å²) in [6.07, 6.45) is 0. The molecule has 1 aromatic carbocycles. The van der Waals surface area contributed by atoms with E-state index in [1.807, 2.05) is 24.3 Å². The van der Waals surface area contributed by atoms with Crippen LogP contribution in [0.3, 0.4) is 0 Å². The molecule has 1 atom stereocenters. The Balaban J connectivity index is 1.90. The van der Waals surface area contributed by atoms with Gasteiger partial charge < -0.3 is 14.8 Å². The largest absolute Gasteiger partial charge is 0.488 e. The molecule has 1 amide bonds. The zero-order chi connectivity index (χ0) is 17.3. The number of carbonyl (C=O) groups excluding carboxylic acids is 2. The van der Waals surface area contributed by atoms with Gasteiger partial charge in [0.25, 0.3) is 5.91 Å². The van der Waals surface area contributed by atoms with Crippen LogP contribution >= 0.6 is 0 Å². The Bertz CT molecular complexity index is 797. The first-order valence-corrected chi connectivity index (χ1v) is 7.78. The van der Waals surface area contributed by atoms with E-state index in [1.54, 1.807) is 25.6 Å². The lowest BCUT2D eigenvalue weighted by Gasteiger charge is -2.18. The number of ether oxygens (including phenoxy) is 2. The molecule has 2 aromatic rings. The van der Waals surface area contributed by atoms with E-state index in [4.69, 9.17) is 9.47 Å². The molecule has 0 unspecified atom stereocenters. The van der Waals surface area contributed by atoms with Crippen molar-refractivity contribution in [3.05, 3.63) is 35.5 Å². The number of benzene rings is 1. The molecule has 0 spiro atoms. The summed E-state index contributed by atoms with van der Waals surface area (Å²) in [7, 11) is 1.78. The average Bonchev–Trinajstić information content (AvgIpc) is 2.92. The van der Waals surface area contributed by atoms with Crippen molar-refractivity contribution in [2.45, 2.75) is 26.5 Å². The summed E-state index contributed by atoms with van der Waals surface area (Å²) in [5.41, 5.74) is 2.72. The van der Waals surface area contributed by atoms with Crippen molar-refractivity contribution in [2.75, 3.05) is 6.61 Å². The number of esters is 1. The maximum Gasteiger partial charge on any atom is 0.328 e. The number of aryl methyl sites for hydroxylation is 1. The van der Waals surface area contributed by atoms with Crippen LogP contribution in [0.4, 0.5) is 0 Å². The topological polar surface area (TPSA) is 82.5 Å². The average molecular weight is 329 g/mol. The lowest BCUT2D eigenvalue weighted by Crippen LogP contribution is -2.40. The zero-order valence-corrected chi connectivity index (χ0v) is 13.8. The Morgan fingerprint density at radius 1 is 1.42 bits per heavy atom. The van der Waals surface area contributed by atoms with Gasteiger partial charge in [-0.25, -0.2) is 4.79 Å². The van der Waals surface area contributed by atoms with Crippen LogP contribution in [-0.4, -0.2) is 34.3 Å². The van der Waals surface area contributed by atoms with Gasteiger partial charge in [0.2, 0.25) is 0 Å². The van der Waals surface area contributed by atoms with Crippen molar-refractivity contribution in [1.29, 1.82) is 0 Å². The SMILES string of the molecule is CCOC(=O)[C@H](C)NC(=O)c1nn(C)c2c1COc1ccccc1-2.